The summed E-state index contributed by atoms with van der Waals surface area (Å²) in [7, 11) is 0. The van der Waals surface area contributed by atoms with Gasteiger partial charge in [0, 0.05) is 28.6 Å². The highest BCUT2D eigenvalue weighted by Crippen LogP contribution is 2.28. The van der Waals surface area contributed by atoms with Gasteiger partial charge in [-0.25, -0.2) is 10.9 Å². The van der Waals surface area contributed by atoms with Crippen LogP contribution in [0.1, 0.15) is 48.5 Å². The third-order valence-electron chi connectivity index (χ3n) is 3.64. The van der Waals surface area contributed by atoms with Gasteiger partial charge in [-0.15, -0.1) is 0 Å². The summed E-state index contributed by atoms with van der Waals surface area (Å²) < 4.78 is 0. The molecule has 0 saturated heterocycles. The molecule has 0 aromatic heterocycles. The van der Waals surface area contributed by atoms with Gasteiger partial charge < -0.3 is 10.6 Å². The van der Waals surface area contributed by atoms with E-state index in [1.165, 1.54) is 0 Å². The second-order valence-electron chi connectivity index (χ2n) is 7.98. The third-order valence-corrected chi connectivity index (χ3v) is 3.64. The number of amides is 3. The largest absolute Gasteiger partial charge is 0.326 e. The minimum atomic E-state index is -0.673. The number of benzene rings is 1. The Morgan fingerprint density at radius 3 is 1.58 bits per heavy atom. The molecular formula is C19H30N4O3. The lowest BCUT2D eigenvalue weighted by Gasteiger charge is -2.26. The Bertz CT molecular complexity index is 650. The number of carbonyl (C=O) groups excluding carboxylic acids is 3. The maximum absolute atomic E-state index is 12.5. The van der Waals surface area contributed by atoms with E-state index in [0.717, 1.165) is 5.01 Å². The Morgan fingerprint density at radius 1 is 0.885 bits per heavy atom. The van der Waals surface area contributed by atoms with E-state index in [9.17, 15) is 14.4 Å². The van der Waals surface area contributed by atoms with Crippen LogP contribution in [0.5, 0.6) is 0 Å². The molecule has 1 aromatic rings. The summed E-state index contributed by atoms with van der Waals surface area (Å²) in [5.74, 6) is 4.95. The van der Waals surface area contributed by atoms with Crippen LogP contribution >= 0.6 is 0 Å². The molecule has 0 aliphatic rings. The van der Waals surface area contributed by atoms with Crippen LogP contribution in [0.2, 0.25) is 0 Å². The van der Waals surface area contributed by atoms with Crippen LogP contribution in [0.3, 0.4) is 0 Å². The van der Waals surface area contributed by atoms with E-state index >= 15 is 0 Å². The van der Waals surface area contributed by atoms with Crippen molar-refractivity contribution in [1.29, 1.82) is 0 Å². The standard InChI is InChI=1S/C19H30N4O3/c1-11(2)16(24)21-13-8-14(22-17(25)12(3)4)10-15(9-13)23(20)18(26)19(5,6)7/h8-12H,20H2,1-7H3,(H,21,24)(H,22,25). The maximum Gasteiger partial charge on any atom is 0.246 e. The van der Waals surface area contributed by atoms with Crippen LogP contribution in [0.25, 0.3) is 0 Å². The van der Waals surface area contributed by atoms with Crippen molar-refractivity contribution in [2.45, 2.75) is 48.5 Å². The molecule has 0 fully saturated rings. The predicted octanol–water partition coefficient (Wildman–Crippen LogP) is 3.13. The van der Waals surface area contributed by atoms with E-state index in [-0.39, 0.29) is 29.6 Å². The van der Waals surface area contributed by atoms with Crippen LogP contribution in [0, 0.1) is 17.3 Å². The predicted molar refractivity (Wildman–Crippen MR) is 105 cm³/mol. The van der Waals surface area contributed by atoms with Crippen molar-refractivity contribution in [1.82, 2.24) is 0 Å². The van der Waals surface area contributed by atoms with Crippen LogP contribution < -0.4 is 21.5 Å². The van der Waals surface area contributed by atoms with E-state index in [2.05, 4.69) is 10.6 Å². The fraction of sp³-hybridized carbons (Fsp3) is 0.526. The molecule has 0 unspecified atom stereocenters. The summed E-state index contributed by atoms with van der Waals surface area (Å²) in [5, 5.41) is 6.58. The summed E-state index contributed by atoms with van der Waals surface area (Å²) in [4.78, 5) is 36.5. The third kappa shape index (κ3) is 5.84. The van der Waals surface area contributed by atoms with E-state index in [4.69, 9.17) is 5.84 Å². The average molecular weight is 362 g/mol. The fourth-order valence-electron chi connectivity index (χ4n) is 1.95. The minimum Gasteiger partial charge on any atom is -0.326 e. The molecule has 0 aliphatic carbocycles. The molecule has 0 spiro atoms. The van der Waals surface area contributed by atoms with Gasteiger partial charge in [0.2, 0.25) is 17.7 Å². The fourth-order valence-corrected chi connectivity index (χ4v) is 1.95. The summed E-state index contributed by atoms with van der Waals surface area (Å²) in [6.07, 6.45) is 0. The highest BCUT2D eigenvalue weighted by molar-refractivity contribution is 6.00. The zero-order valence-electron chi connectivity index (χ0n) is 16.6. The number of nitrogens with two attached hydrogens (primary N) is 1. The highest BCUT2D eigenvalue weighted by atomic mass is 16.2. The van der Waals surface area contributed by atoms with Gasteiger partial charge in [-0.05, 0) is 18.2 Å². The Morgan fingerprint density at radius 2 is 1.27 bits per heavy atom. The number of hydrogen-bond acceptors (Lipinski definition) is 4. The topological polar surface area (TPSA) is 105 Å². The Kier molecular flexibility index (Phi) is 6.92. The number of rotatable bonds is 5. The van der Waals surface area contributed by atoms with Gasteiger partial charge >= 0.3 is 0 Å². The molecule has 0 bridgehead atoms. The van der Waals surface area contributed by atoms with Crippen molar-refractivity contribution in [2.24, 2.45) is 23.1 Å². The van der Waals surface area contributed by atoms with Crippen LogP contribution in [0.4, 0.5) is 17.1 Å². The summed E-state index contributed by atoms with van der Waals surface area (Å²) >= 11 is 0. The molecule has 0 heterocycles. The number of nitrogens with zero attached hydrogens (tertiary/aromatic N) is 1. The molecule has 0 saturated carbocycles. The molecule has 1 aromatic carbocycles. The molecule has 4 N–H and O–H groups in total. The monoisotopic (exact) mass is 362 g/mol. The van der Waals surface area contributed by atoms with Gasteiger partial charge in [0.1, 0.15) is 0 Å². The molecule has 0 radical (unpaired) electrons. The molecule has 26 heavy (non-hydrogen) atoms. The quantitative estimate of drug-likeness (QED) is 0.425. The van der Waals surface area contributed by atoms with Crippen molar-refractivity contribution in [3.63, 3.8) is 0 Å². The Labute approximate surface area is 155 Å². The lowest BCUT2D eigenvalue weighted by atomic mass is 9.95. The van der Waals surface area contributed by atoms with Gasteiger partial charge in [-0.2, -0.15) is 0 Å². The van der Waals surface area contributed by atoms with Crippen molar-refractivity contribution < 1.29 is 14.4 Å². The molecule has 7 heteroatoms. The lowest BCUT2D eigenvalue weighted by molar-refractivity contribution is -0.125. The van der Waals surface area contributed by atoms with Crippen LogP contribution in [0.15, 0.2) is 18.2 Å². The van der Waals surface area contributed by atoms with E-state index in [0.29, 0.717) is 17.1 Å². The summed E-state index contributed by atoms with van der Waals surface area (Å²) in [6.45, 7) is 12.4. The number of nitrogens with one attached hydrogen (secondary N) is 2. The molecule has 144 valence electrons. The van der Waals surface area contributed by atoms with Gasteiger partial charge in [0.25, 0.3) is 0 Å². The minimum absolute atomic E-state index is 0.172. The maximum atomic E-state index is 12.5. The van der Waals surface area contributed by atoms with Gasteiger partial charge in [-0.3, -0.25) is 14.4 Å². The SMILES string of the molecule is CC(C)C(=O)Nc1cc(NC(=O)C(C)C)cc(N(N)C(=O)C(C)(C)C)c1. The zero-order valence-corrected chi connectivity index (χ0v) is 16.6. The average Bonchev–Trinajstić information content (AvgIpc) is 2.51. The normalized spacial score (nSPS) is 11.5. The van der Waals surface area contributed by atoms with Gasteiger partial charge in [0.05, 0.1) is 5.69 Å². The van der Waals surface area contributed by atoms with Crippen molar-refractivity contribution in [2.75, 3.05) is 15.6 Å². The second-order valence-corrected chi connectivity index (χ2v) is 7.98. The first-order valence-corrected chi connectivity index (χ1v) is 8.69. The van der Waals surface area contributed by atoms with Gasteiger partial charge in [-0.1, -0.05) is 48.5 Å². The van der Waals surface area contributed by atoms with Crippen LogP contribution in [-0.4, -0.2) is 17.7 Å². The molecular weight excluding hydrogens is 332 g/mol. The van der Waals surface area contributed by atoms with Crippen molar-refractivity contribution in [3.8, 4) is 0 Å². The second kappa shape index (κ2) is 8.31. The van der Waals surface area contributed by atoms with Crippen molar-refractivity contribution >= 4 is 34.8 Å². The zero-order chi connectivity index (χ0) is 20.2. The van der Waals surface area contributed by atoms with E-state index in [1.54, 1.807) is 66.7 Å². The number of anilines is 3. The first-order valence-electron chi connectivity index (χ1n) is 8.69. The molecule has 0 aliphatic heterocycles. The Balaban J connectivity index is 3.28. The first kappa shape index (κ1) is 21.6. The van der Waals surface area contributed by atoms with E-state index < -0.39 is 5.41 Å². The molecule has 0 atom stereocenters. The number of hydrazine groups is 1. The molecule has 3 amide bonds. The smallest absolute Gasteiger partial charge is 0.246 e. The Hall–Kier alpha value is -2.41. The van der Waals surface area contributed by atoms with Crippen LogP contribution in [-0.2, 0) is 14.4 Å². The highest BCUT2D eigenvalue weighted by Gasteiger charge is 2.27. The first-order chi connectivity index (χ1) is 11.8. The molecule has 7 nitrogen and oxygen atoms in total. The van der Waals surface area contributed by atoms with E-state index in [1.807, 2.05) is 0 Å². The summed E-state index contributed by atoms with van der Waals surface area (Å²) in [5.41, 5.74) is 0.619. The lowest BCUT2D eigenvalue weighted by Crippen LogP contribution is -2.44. The number of hydrogen-bond donors (Lipinski definition) is 3. The van der Waals surface area contributed by atoms with Gasteiger partial charge in [0.15, 0.2) is 0 Å². The van der Waals surface area contributed by atoms with Crippen molar-refractivity contribution in [3.05, 3.63) is 18.2 Å². The summed E-state index contributed by atoms with van der Waals surface area (Å²) in [6, 6.07) is 4.85. The molecule has 1 rings (SSSR count). The number of carbonyl (C=O) groups is 3.